The van der Waals surface area contributed by atoms with Crippen LogP contribution in [0, 0.1) is 0 Å². The van der Waals surface area contributed by atoms with Gasteiger partial charge in [0.2, 0.25) is 0 Å². The lowest BCUT2D eigenvalue weighted by Gasteiger charge is -2.24. The third kappa shape index (κ3) is 3.95. The molecule has 1 aliphatic heterocycles. The molecule has 1 aliphatic rings. The molecular formula is C22H23NO6. The number of benzene rings is 2. The molecule has 2 aromatic rings. The zero-order valence-electron chi connectivity index (χ0n) is 16.3. The summed E-state index contributed by atoms with van der Waals surface area (Å²) in [5, 5.41) is 20.3. The SMILES string of the molecule is CCOc1ccc(C(O)=C2C(=O)C(=O)N(CCO)C2c2ccc(OC)cc2)cc1. The fourth-order valence-corrected chi connectivity index (χ4v) is 3.38. The van der Waals surface area contributed by atoms with E-state index in [0.717, 1.165) is 0 Å². The monoisotopic (exact) mass is 397 g/mol. The first-order valence-electron chi connectivity index (χ1n) is 9.28. The van der Waals surface area contributed by atoms with Crippen LogP contribution in [0.15, 0.2) is 54.1 Å². The van der Waals surface area contributed by atoms with Gasteiger partial charge >= 0.3 is 0 Å². The van der Waals surface area contributed by atoms with Crippen molar-refractivity contribution in [3.63, 3.8) is 0 Å². The third-order valence-electron chi connectivity index (χ3n) is 4.75. The Bertz CT molecular complexity index is 917. The largest absolute Gasteiger partial charge is 0.507 e. The first kappa shape index (κ1) is 20.4. The number of hydrogen-bond donors (Lipinski definition) is 2. The van der Waals surface area contributed by atoms with Crippen molar-refractivity contribution in [3.05, 3.63) is 65.2 Å². The van der Waals surface area contributed by atoms with Gasteiger partial charge in [0, 0.05) is 12.1 Å². The number of likely N-dealkylation sites (tertiary alicyclic amines) is 1. The molecule has 0 saturated carbocycles. The molecule has 7 heteroatoms. The number of β-amino-alcohol motifs (C(OH)–C–C–N with tert-alkyl or cyclic N) is 1. The maximum Gasteiger partial charge on any atom is 0.295 e. The van der Waals surface area contributed by atoms with Gasteiger partial charge in [-0.1, -0.05) is 12.1 Å². The molecule has 3 rings (SSSR count). The zero-order valence-corrected chi connectivity index (χ0v) is 16.3. The molecule has 1 heterocycles. The minimum atomic E-state index is -0.806. The van der Waals surface area contributed by atoms with Crippen LogP contribution < -0.4 is 9.47 Å². The molecule has 1 fully saturated rings. The van der Waals surface area contributed by atoms with Crippen LogP contribution in [0.5, 0.6) is 11.5 Å². The predicted molar refractivity (Wildman–Crippen MR) is 107 cm³/mol. The van der Waals surface area contributed by atoms with Gasteiger partial charge in [0.25, 0.3) is 11.7 Å². The Balaban J connectivity index is 2.09. The lowest BCUT2D eigenvalue weighted by Crippen LogP contribution is -2.32. The van der Waals surface area contributed by atoms with E-state index in [9.17, 15) is 19.8 Å². The van der Waals surface area contributed by atoms with Crippen molar-refractivity contribution in [2.45, 2.75) is 13.0 Å². The second kappa shape index (κ2) is 8.79. The molecule has 1 saturated heterocycles. The molecule has 2 aromatic carbocycles. The molecule has 7 nitrogen and oxygen atoms in total. The highest BCUT2D eigenvalue weighted by molar-refractivity contribution is 6.46. The van der Waals surface area contributed by atoms with Crippen LogP contribution >= 0.6 is 0 Å². The Morgan fingerprint density at radius 3 is 2.21 bits per heavy atom. The minimum absolute atomic E-state index is 0.0159. The fourth-order valence-electron chi connectivity index (χ4n) is 3.38. The van der Waals surface area contributed by atoms with Crippen molar-refractivity contribution in [2.75, 3.05) is 26.9 Å². The van der Waals surface area contributed by atoms with Gasteiger partial charge in [-0.2, -0.15) is 0 Å². The van der Waals surface area contributed by atoms with Crippen molar-refractivity contribution in [3.8, 4) is 11.5 Å². The Morgan fingerprint density at radius 2 is 1.66 bits per heavy atom. The van der Waals surface area contributed by atoms with Crippen molar-refractivity contribution in [1.82, 2.24) is 4.90 Å². The molecule has 0 radical (unpaired) electrons. The predicted octanol–water partition coefficient (Wildman–Crippen LogP) is 2.51. The van der Waals surface area contributed by atoms with Gasteiger partial charge in [0.1, 0.15) is 17.3 Å². The van der Waals surface area contributed by atoms with Crippen LogP contribution in [0.3, 0.4) is 0 Å². The first-order chi connectivity index (χ1) is 14.0. The molecule has 0 aromatic heterocycles. The van der Waals surface area contributed by atoms with Crippen molar-refractivity contribution < 1.29 is 29.3 Å². The van der Waals surface area contributed by atoms with Crippen molar-refractivity contribution in [1.29, 1.82) is 0 Å². The van der Waals surface area contributed by atoms with Gasteiger partial charge in [0.05, 0.1) is 31.9 Å². The zero-order chi connectivity index (χ0) is 21.0. The average molecular weight is 397 g/mol. The number of methoxy groups -OCH3 is 1. The second-order valence-corrected chi connectivity index (χ2v) is 6.45. The van der Waals surface area contributed by atoms with Gasteiger partial charge in [-0.3, -0.25) is 9.59 Å². The maximum absolute atomic E-state index is 12.7. The van der Waals surface area contributed by atoms with Crippen LogP contribution in [0.25, 0.3) is 5.76 Å². The van der Waals surface area contributed by atoms with E-state index in [1.54, 1.807) is 55.6 Å². The highest BCUT2D eigenvalue weighted by Crippen LogP contribution is 2.39. The van der Waals surface area contributed by atoms with E-state index in [0.29, 0.717) is 29.2 Å². The third-order valence-corrected chi connectivity index (χ3v) is 4.75. The molecule has 0 bridgehead atoms. The van der Waals surface area contributed by atoms with E-state index in [1.807, 2.05) is 6.92 Å². The Hall–Kier alpha value is -3.32. The molecule has 29 heavy (non-hydrogen) atoms. The van der Waals surface area contributed by atoms with Crippen LogP contribution in [0.2, 0.25) is 0 Å². The van der Waals surface area contributed by atoms with Gasteiger partial charge < -0.3 is 24.6 Å². The summed E-state index contributed by atoms with van der Waals surface area (Å²) in [6, 6.07) is 12.7. The van der Waals surface area contributed by atoms with E-state index in [4.69, 9.17) is 9.47 Å². The van der Waals surface area contributed by atoms with Crippen molar-refractivity contribution in [2.24, 2.45) is 0 Å². The number of ether oxygens (including phenoxy) is 2. The van der Waals surface area contributed by atoms with Gasteiger partial charge in [-0.05, 0) is 48.9 Å². The number of carbonyl (C=O) groups excluding carboxylic acids is 2. The number of aliphatic hydroxyl groups excluding tert-OH is 2. The minimum Gasteiger partial charge on any atom is -0.507 e. The van der Waals surface area contributed by atoms with Crippen LogP contribution in [0.1, 0.15) is 24.1 Å². The quantitative estimate of drug-likeness (QED) is 0.423. The fraction of sp³-hybridized carbons (Fsp3) is 0.273. The number of rotatable bonds is 7. The van der Waals surface area contributed by atoms with E-state index >= 15 is 0 Å². The van der Waals surface area contributed by atoms with E-state index < -0.39 is 17.7 Å². The molecule has 1 unspecified atom stereocenters. The highest BCUT2D eigenvalue weighted by Gasteiger charge is 2.45. The average Bonchev–Trinajstić information content (AvgIpc) is 2.99. The summed E-state index contributed by atoms with van der Waals surface area (Å²) in [6.07, 6.45) is 0. The number of hydrogen-bond acceptors (Lipinski definition) is 6. The number of ketones is 1. The number of nitrogens with zero attached hydrogens (tertiary/aromatic N) is 1. The molecule has 152 valence electrons. The van der Waals surface area contributed by atoms with Gasteiger partial charge in [0.15, 0.2) is 0 Å². The summed E-state index contributed by atoms with van der Waals surface area (Å²) in [6.45, 7) is 2.05. The summed E-state index contributed by atoms with van der Waals surface area (Å²) in [5.74, 6) is -0.554. The number of amides is 1. The first-order valence-corrected chi connectivity index (χ1v) is 9.28. The lowest BCUT2D eigenvalue weighted by atomic mass is 9.95. The Labute approximate surface area is 168 Å². The normalized spacial score (nSPS) is 18.2. The van der Waals surface area contributed by atoms with Crippen LogP contribution in [-0.4, -0.2) is 53.7 Å². The Morgan fingerprint density at radius 1 is 1.03 bits per heavy atom. The second-order valence-electron chi connectivity index (χ2n) is 6.45. The summed E-state index contributed by atoms with van der Waals surface area (Å²) in [5.41, 5.74) is 1.01. The topological polar surface area (TPSA) is 96.3 Å². The molecule has 1 amide bonds. The molecule has 0 aliphatic carbocycles. The van der Waals surface area contributed by atoms with Crippen molar-refractivity contribution >= 4 is 17.4 Å². The molecule has 2 N–H and O–H groups in total. The Kier molecular flexibility index (Phi) is 6.19. The van der Waals surface area contributed by atoms with Crippen LogP contribution in [-0.2, 0) is 9.59 Å². The lowest BCUT2D eigenvalue weighted by molar-refractivity contribution is -0.140. The maximum atomic E-state index is 12.7. The smallest absolute Gasteiger partial charge is 0.295 e. The molecular weight excluding hydrogens is 374 g/mol. The van der Waals surface area contributed by atoms with Gasteiger partial charge in [-0.15, -0.1) is 0 Å². The van der Waals surface area contributed by atoms with Gasteiger partial charge in [-0.25, -0.2) is 0 Å². The summed E-state index contributed by atoms with van der Waals surface area (Å²) < 4.78 is 10.6. The number of Topliss-reactive ketones (excluding diaryl/α,β-unsaturated/α-hetero) is 1. The summed E-state index contributed by atoms with van der Waals surface area (Å²) in [4.78, 5) is 26.6. The van der Waals surface area contributed by atoms with Crippen LogP contribution in [0.4, 0.5) is 0 Å². The number of aliphatic hydroxyl groups is 2. The van der Waals surface area contributed by atoms with E-state index in [-0.39, 0.29) is 24.5 Å². The summed E-state index contributed by atoms with van der Waals surface area (Å²) in [7, 11) is 1.54. The van der Waals surface area contributed by atoms with E-state index in [1.165, 1.54) is 4.90 Å². The molecule has 1 atom stereocenters. The summed E-state index contributed by atoms with van der Waals surface area (Å²) >= 11 is 0. The van der Waals surface area contributed by atoms with E-state index in [2.05, 4.69) is 0 Å². The highest BCUT2D eigenvalue weighted by atomic mass is 16.5. The standard InChI is InChI=1S/C22H23NO6/c1-3-29-17-10-6-15(7-11-17)20(25)18-19(14-4-8-16(28-2)9-5-14)23(12-13-24)22(27)21(18)26/h4-11,19,24-25H,3,12-13H2,1-2H3. The molecule has 0 spiro atoms. The number of carbonyl (C=O) groups is 2.